The fourth-order valence-corrected chi connectivity index (χ4v) is 2.11. The highest BCUT2D eigenvalue weighted by molar-refractivity contribution is 5.78. The normalized spacial score (nSPS) is 17.8. The number of likely N-dealkylation sites (tertiary alicyclic amines) is 1. The molecule has 1 saturated heterocycles. The summed E-state index contributed by atoms with van der Waals surface area (Å²) in [4.78, 5) is 16.1. The fraction of sp³-hybridized carbons (Fsp3) is 0.917. The molecule has 1 aliphatic rings. The van der Waals surface area contributed by atoms with Crippen LogP contribution in [0.4, 0.5) is 0 Å². The summed E-state index contributed by atoms with van der Waals surface area (Å²) >= 11 is 0. The molecule has 1 aliphatic heterocycles. The average molecular weight is 243 g/mol. The van der Waals surface area contributed by atoms with Gasteiger partial charge in [0.2, 0.25) is 5.91 Å². The summed E-state index contributed by atoms with van der Waals surface area (Å²) in [5.74, 6) is 0.207. The number of hydrogen-bond acceptors (Lipinski definition) is 4. The van der Waals surface area contributed by atoms with Crippen molar-refractivity contribution >= 4 is 5.91 Å². The predicted molar refractivity (Wildman–Crippen MR) is 68.0 cm³/mol. The third-order valence-electron chi connectivity index (χ3n) is 3.31. The molecule has 0 aromatic heterocycles. The van der Waals surface area contributed by atoms with Gasteiger partial charge in [0, 0.05) is 32.8 Å². The number of methoxy groups -OCH3 is 1. The number of carbonyl (C=O) groups is 1. The Morgan fingerprint density at radius 2 is 2.06 bits per heavy atom. The Kier molecular flexibility index (Phi) is 6.47. The average Bonchev–Trinajstić information content (AvgIpc) is 2.34. The Morgan fingerprint density at radius 1 is 1.41 bits per heavy atom. The molecule has 1 fully saturated rings. The number of nitrogens with zero attached hydrogens (tertiary/aromatic N) is 2. The number of amides is 1. The molecule has 1 heterocycles. The van der Waals surface area contributed by atoms with Gasteiger partial charge in [0.25, 0.3) is 0 Å². The van der Waals surface area contributed by atoms with Gasteiger partial charge < -0.3 is 19.9 Å². The molecular formula is C12H25N3O2. The van der Waals surface area contributed by atoms with E-state index in [1.165, 1.54) is 0 Å². The van der Waals surface area contributed by atoms with E-state index < -0.39 is 0 Å². The van der Waals surface area contributed by atoms with Crippen LogP contribution in [0.5, 0.6) is 0 Å². The molecule has 0 spiro atoms. The zero-order chi connectivity index (χ0) is 12.7. The van der Waals surface area contributed by atoms with Crippen LogP contribution in [-0.4, -0.2) is 75.7 Å². The molecule has 5 nitrogen and oxygen atoms in total. The largest absolute Gasteiger partial charge is 0.383 e. The van der Waals surface area contributed by atoms with Crippen LogP contribution in [0.25, 0.3) is 0 Å². The van der Waals surface area contributed by atoms with Crippen LogP contribution in [0.15, 0.2) is 0 Å². The smallest absolute Gasteiger partial charge is 0.236 e. The molecule has 100 valence electrons. The van der Waals surface area contributed by atoms with Crippen molar-refractivity contribution in [1.29, 1.82) is 0 Å². The number of piperidine rings is 1. The van der Waals surface area contributed by atoms with Crippen LogP contribution >= 0.6 is 0 Å². The van der Waals surface area contributed by atoms with Gasteiger partial charge in [-0.05, 0) is 26.9 Å². The second-order valence-corrected chi connectivity index (χ2v) is 4.75. The summed E-state index contributed by atoms with van der Waals surface area (Å²) in [6, 6.07) is 0.625. The minimum Gasteiger partial charge on any atom is -0.383 e. The molecule has 1 N–H and O–H groups in total. The van der Waals surface area contributed by atoms with Crippen LogP contribution in [0.3, 0.4) is 0 Å². The SMILES string of the molecule is COCCNCC(=O)N1CCC(N(C)C)CC1. The van der Waals surface area contributed by atoms with Crippen molar-refractivity contribution < 1.29 is 9.53 Å². The van der Waals surface area contributed by atoms with E-state index in [-0.39, 0.29) is 5.91 Å². The molecule has 0 aliphatic carbocycles. The van der Waals surface area contributed by atoms with Crippen LogP contribution in [-0.2, 0) is 9.53 Å². The van der Waals surface area contributed by atoms with Gasteiger partial charge in [-0.25, -0.2) is 0 Å². The molecule has 1 rings (SSSR count). The predicted octanol–water partition coefficient (Wildman–Crippen LogP) is -0.225. The maximum Gasteiger partial charge on any atom is 0.236 e. The Labute approximate surface area is 104 Å². The molecule has 17 heavy (non-hydrogen) atoms. The minimum absolute atomic E-state index is 0.207. The summed E-state index contributed by atoms with van der Waals surface area (Å²) in [6.45, 7) is 3.57. The molecule has 5 heteroatoms. The number of ether oxygens (including phenoxy) is 1. The lowest BCUT2D eigenvalue weighted by Gasteiger charge is -2.35. The van der Waals surface area contributed by atoms with Crippen molar-refractivity contribution in [3.8, 4) is 0 Å². The van der Waals surface area contributed by atoms with Gasteiger partial charge in [-0.3, -0.25) is 4.79 Å². The quantitative estimate of drug-likeness (QED) is 0.655. The standard InChI is InChI=1S/C12H25N3O2/c1-14(2)11-4-7-15(8-5-11)12(16)10-13-6-9-17-3/h11,13H,4-10H2,1-3H3. The van der Waals surface area contributed by atoms with E-state index in [1.807, 2.05) is 4.90 Å². The van der Waals surface area contributed by atoms with Crippen molar-refractivity contribution in [2.45, 2.75) is 18.9 Å². The Bertz CT molecular complexity index is 226. The van der Waals surface area contributed by atoms with Crippen molar-refractivity contribution in [2.24, 2.45) is 0 Å². The van der Waals surface area contributed by atoms with Gasteiger partial charge >= 0.3 is 0 Å². The topological polar surface area (TPSA) is 44.8 Å². The van der Waals surface area contributed by atoms with Crippen molar-refractivity contribution in [1.82, 2.24) is 15.1 Å². The zero-order valence-corrected chi connectivity index (χ0v) is 11.2. The monoisotopic (exact) mass is 243 g/mol. The molecule has 0 saturated carbocycles. The Hall–Kier alpha value is -0.650. The van der Waals surface area contributed by atoms with Gasteiger partial charge in [0.15, 0.2) is 0 Å². The van der Waals surface area contributed by atoms with Gasteiger partial charge in [-0.1, -0.05) is 0 Å². The second-order valence-electron chi connectivity index (χ2n) is 4.75. The first kappa shape index (κ1) is 14.4. The highest BCUT2D eigenvalue weighted by Gasteiger charge is 2.23. The summed E-state index contributed by atoms with van der Waals surface area (Å²) in [7, 11) is 5.87. The van der Waals surface area contributed by atoms with E-state index in [0.29, 0.717) is 19.2 Å². The maximum atomic E-state index is 11.8. The van der Waals surface area contributed by atoms with E-state index in [2.05, 4.69) is 24.3 Å². The van der Waals surface area contributed by atoms with Crippen LogP contribution in [0, 0.1) is 0 Å². The first-order valence-electron chi connectivity index (χ1n) is 6.29. The van der Waals surface area contributed by atoms with Crippen molar-refractivity contribution in [2.75, 3.05) is 54.0 Å². The van der Waals surface area contributed by atoms with Gasteiger partial charge in [-0.2, -0.15) is 0 Å². The summed E-state index contributed by atoms with van der Waals surface area (Å²) in [5.41, 5.74) is 0. The Morgan fingerprint density at radius 3 is 2.59 bits per heavy atom. The molecule has 0 atom stereocenters. The van der Waals surface area contributed by atoms with E-state index >= 15 is 0 Å². The molecule has 0 radical (unpaired) electrons. The van der Waals surface area contributed by atoms with Crippen molar-refractivity contribution in [3.63, 3.8) is 0 Å². The number of hydrogen-bond donors (Lipinski definition) is 1. The number of carbonyl (C=O) groups excluding carboxylic acids is 1. The highest BCUT2D eigenvalue weighted by atomic mass is 16.5. The van der Waals surface area contributed by atoms with Crippen LogP contribution in [0.2, 0.25) is 0 Å². The zero-order valence-electron chi connectivity index (χ0n) is 11.2. The molecular weight excluding hydrogens is 218 g/mol. The van der Waals surface area contributed by atoms with Crippen molar-refractivity contribution in [3.05, 3.63) is 0 Å². The maximum absolute atomic E-state index is 11.8. The fourth-order valence-electron chi connectivity index (χ4n) is 2.11. The minimum atomic E-state index is 0.207. The third kappa shape index (κ3) is 5.02. The lowest BCUT2D eigenvalue weighted by molar-refractivity contribution is -0.131. The lowest BCUT2D eigenvalue weighted by Crippen LogP contribution is -2.47. The molecule has 1 amide bonds. The van der Waals surface area contributed by atoms with Gasteiger partial charge in [0.05, 0.1) is 13.2 Å². The molecule has 0 bridgehead atoms. The first-order chi connectivity index (χ1) is 8.15. The van der Waals surface area contributed by atoms with E-state index in [9.17, 15) is 4.79 Å². The first-order valence-corrected chi connectivity index (χ1v) is 6.29. The lowest BCUT2D eigenvalue weighted by atomic mass is 10.0. The van der Waals surface area contributed by atoms with Crippen LogP contribution in [0.1, 0.15) is 12.8 Å². The summed E-state index contributed by atoms with van der Waals surface area (Å²) in [5, 5.41) is 3.09. The molecule has 0 aromatic rings. The van der Waals surface area contributed by atoms with Crippen LogP contribution < -0.4 is 5.32 Å². The van der Waals surface area contributed by atoms with Gasteiger partial charge in [0.1, 0.15) is 0 Å². The highest BCUT2D eigenvalue weighted by Crippen LogP contribution is 2.13. The van der Waals surface area contributed by atoms with E-state index in [1.54, 1.807) is 7.11 Å². The second kappa shape index (κ2) is 7.63. The van der Waals surface area contributed by atoms with E-state index in [4.69, 9.17) is 4.74 Å². The Balaban J connectivity index is 2.17. The number of rotatable bonds is 6. The van der Waals surface area contributed by atoms with Gasteiger partial charge in [-0.15, -0.1) is 0 Å². The third-order valence-corrected chi connectivity index (χ3v) is 3.31. The molecule has 0 aromatic carbocycles. The van der Waals surface area contributed by atoms with E-state index in [0.717, 1.165) is 32.5 Å². The molecule has 0 unspecified atom stereocenters. The summed E-state index contributed by atoms with van der Waals surface area (Å²) in [6.07, 6.45) is 2.16. The number of nitrogens with one attached hydrogen (secondary N) is 1. The summed E-state index contributed by atoms with van der Waals surface area (Å²) < 4.78 is 4.92.